The molecule has 23 heavy (non-hydrogen) atoms. The van der Waals surface area contributed by atoms with Crippen LogP contribution in [-0.4, -0.2) is 29.6 Å². The molecule has 0 spiro atoms. The lowest BCUT2D eigenvalue weighted by Crippen LogP contribution is -2.13. The first-order valence-corrected chi connectivity index (χ1v) is 8.61. The van der Waals surface area contributed by atoms with Crippen molar-refractivity contribution in [2.24, 2.45) is 0 Å². The number of thiazole rings is 1. The molecule has 2 aromatic carbocycles. The summed E-state index contributed by atoms with van der Waals surface area (Å²) in [6, 6.07) is 10.2. The number of aromatic nitrogens is 1. The van der Waals surface area contributed by atoms with Crippen LogP contribution < -0.4 is 4.72 Å². The fraction of sp³-hybridized carbons (Fsp3) is 0. The first kappa shape index (κ1) is 15.3. The number of hydrogen-bond acceptors (Lipinski definition) is 6. The van der Waals surface area contributed by atoms with Crippen molar-refractivity contribution in [1.82, 2.24) is 4.98 Å². The zero-order chi connectivity index (χ0) is 16.6. The van der Waals surface area contributed by atoms with E-state index in [1.165, 1.54) is 11.3 Å². The third kappa shape index (κ3) is 2.96. The summed E-state index contributed by atoms with van der Waals surface area (Å²) in [5.74, 6) is -1.92. The standard InChI is InChI=1S/C14H10N2O5S2/c17-11-6-5-8(7-9(11)13(18)19)23(20,21)16-14-15-10-3-1-2-4-12(10)22-14/h1-7,17H,(H,15,16)(H,18,19). The summed E-state index contributed by atoms with van der Waals surface area (Å²) in [4.78, 5) is 14.9. The van der Waals surface area contributed by atoms with Crippen molar-refractivity contribution in [2.75, 3.05) is 4.72 Å². The van der Waals surface area contributed by atoms with Gasteiger partial charge in [-0.25, -0.2) is 18.2 Å². The maximum Gasteiger partial charge on any atom is 0.339 e. The Hall–Kier alpha value is -2.65. The highest BCUT2D eigenvalue weighted by atomic mass is 32.2. The van der Waals surface area contributed by atoms with Crippen molar-refractivity contribution in [3.63, 3.8) is 0 Å². The molecule has 0 fully saturated rings. The number of aromatic hydroxyl groups is 1. The number of aromatic carboxylic acids is 1. The topological polar surface area (TPSA) is 117 Å². The van der Waals surface area contributed by atoms with Crippen LogP contribution in [0.3, 0.4) is 0 Å². The van der Waals surface area contributed by atoms with Crippen molar-refractivity contribution in [1.29, 1.82) is 0 Å². The summed E-state index contributed by atoms with van der Waals surface area (Å²) >= 11 is 1.17. The summed E-state index contributed by atoms with van der Waals surface area (Å²) in [5.41, 5.74) is 0.171. The molecule has 0 saturated carbocycles. The van der Waals surface area contributed by atoms with Gasteiger partial charge in [0.1, 0.15) is 11.3 Å². The Bertz CT molecular complexity index is 978. The van der Waals surface area contributed by atoms with Gasteiger partial charge in [0.15, 0.2) is 5.13 Å². The largest absolute Gasteiger partial charge is 0.507 e. The molecule has 0 saturated heterocycles. The molecule has 1 heterocycles. The minimum Gasteiger partial charge on any atom is -0.507 e. The fourth-order valence-corrected chi connectivity index (χ4v) is 4.07. The van der Waals surface area contributed by atoms with Gasteiger partial charge in [-0.05, 0) is 30.3 Å². The number of sulfonamides is 1. The lowest BCUT2D eigenvalue weighted by Gasteiger charge is -2.07. The number of nitrogens with one attached hydrogen (secondary N) is 1. The van der Waals surface area contributed by atoms with E-state index in [0.717, 1.165) is 22.9 Å². The molecule has 3 rings (SSSR count). The highest BCUT2D eigenvalue weighted by Gasteiger charge is 2.20. The summed E-state index contributed by atoms with van der Waals surface area (Å²) < 4.78 is 27.8. The average molecular weight is 350 g/mol. The van der Waals surface area contributed by atoms with Crippen molar-refractivity contribution in [3.8, 4) is 5.75 Å². The minimum atomic E-state index is -4.01. The molecule has 3 N–H and O–H groups in total. The van der Waals surface area contributed by atoms with Gasteiger partial charge in [-0.15, -0.1) is 0 Å². The highest BCUT2D eigenvalue weighted by molar-refractivity contribution is 7.93. The first-order valence-electron chi connectivity index (χ1n) is 6.31. The number of carboxylic acid groups (broad SMARTS) is 1. The molecule has 9 heteroatoms. The van der Waals surface area contributed by atoms with Gasteiger partial charge in [0, 0.05) is 0 Å². The van der Waals surface area contributed by atoms with Crippen molar-refractivity contribution < 1.29 is 23.4 Å². The number of benzene rings is 2. The van der Waals surface area contributed by atoms with Crippen LogP contribution in [0, 0.1) is 0 Å². The molecule has 7 nitrogen and oxygen atoms in total. The lowest BCUT2D eigenvalue weighted by molar-refractivity contribution is 0.0693. The fourth-order valence-electron chi connectivity index (χ4n) is 1.94. The average Bonchev–Trinajstić information content (AvgIpc) is 2.88. The summed E-state index contributed by atoms with van der Waals surface area (Å²) in [7, 11) is -4.01. The van der Waals surface area contributed by atoms with E-state index in [0.29, 0.717) is 5.52 Å². The van der Waals surface area contributed by atoms with Gasteiger partial charge in [-0.1, -0.05) is 23.5 Å². The molecule has 3 aromatic rings. The van der Waals surface area contributed by atoms with Gasteiger partial charge in [0.05, 0.1) is 15.1 Å². The Labute approximate surface area is 134 Å². The zero-order valence-corrected chi connectivity index (χ0v) is 13.1. The van der Waals surface area contributed by atoms with E-state index in [-0.39, 0.29) is 10.0 Å². The molecule has 0 bridgehead atoms. The number of hydrogen-bond donors (Lipinski definition) is 3. The van der Waals surface area contributed by atoms with Crippen LogP contribution in [-0.2, 0) is 10.0 Å². The second-order valence-corrected chi connectivity index (χ2v) is 7.29. The normalized spacial score (nSPS) is 11.5. The Kier molecular flexibility index (Phi) is 3.66. The van der Waals surface area contributed by atoms with Crippen molar-refractivity contribution in [3.05, 3.63) is 48.0 Å². The molecular weight excluding hydrogens is 340 g/mol. The number of anilines is 1. The molecule has 0 unspecified atom stereocenters. The number of carbonyl (C=O) groups is 1. The molecular formula is C14H10N2O5S2. The SMILES string of the molecule is O=C(O)c1cc(S(=O)(=O)Nc2nc3ccccc3s2)ccc1O. The summed E-state index contributed by atoms with van der Waals surface area (Å²) in [6.07, 6.45) is 0. The van der Waals surface area contributed by atoms with Crippen LogP contribution in [0.4, 0.5) is 5.13 Å². The monoisotopic (exact) mass is 350 g/mol. The molecule has 0 amide bonds. The van der Waals surface area contributed by atoms with Crippen LogP contribution in [0.5, 0.6) is 5.75 Å². The predicted molar refractivity (Wildman–Crippen MR) is 85.5 cm³/mol. The second kappa shape index (κ2) is 5.52. The Morgan fingerprint density at radius 1 is 1.17 bits per heavy atom. The molecule has 0 aliphatic carbocycles. The minimum absolute atomic E-state index is 0.177. The van der Waals surface area contributed by atoms with E-state index in [1.807, 2.05) is 12.1 Å². The summed E-state index contributed by atoms with van der Waals surface area (Å²) in [5, 5.41) is 18.6. The van der Waals surface area contributed by atoms with E-state index in [2.05, 4.69) is 9.71 Å². The number of fused-ring (bicyclic) bond motifs is 1. The van der Waals surface area contributed by atoms with Crippen LogP contribution >= 0.6 is 11.3 Å². The molecule has 0 aliphatic rings. The number of carboxylic acids is 1. The smallest absolute Gasteiger partial charge is 0.339 e. The highest BCUT2D eigenvalue weighted by Crippen LogP contribution is 2.28. The Morgan fingerprint density at radius 3 is 2.61 bits per heavy atom. The summed E-state index contributed by atoms with van der Waals surface area (Å²) in [6.45, 7) is 0. The van der Waals surface area contributed by atoms with E-state index >= 15 is 0 Å². The van der Waals surface area contributed by atoms with Crippen LogP contribution in [0.25, 0.3) is 10.2 Å². The van der Waals surface area contributed by atoms with Gasteiger partial charge < -0.3 is 10.2 Å². The Morgan fingerprint density at radius 2 is 1.91 bits per heavy atom. The maximum absolute atomic E-state index is 12.3. The molecule has 0 radical (unpaired) electrons. The van der Waals surface area contributed by atoms with E-state index < -0.39 is 27.3 Å². The maximum atomic E-state index is 12.3. The van der Waals surface area contributed by atoms with Crippen molar-refractivity contribution in [2.45, 2.75) is 4.90 Å². The second-order valence-electron chi connectivity index (χ2n) is 4.58. The van der Waals surface area contributed by atoms with Gasteiger partial charge in [0.25, 0.3) is 10.0 Å². The molecule has 118 valence electrons. The third-order valence-electron chi connectivity index (χ3n) is 3.02. The number of para-hydroxylation sites is 1. The lowest BCUT2D eigenvalue weighted by atomic mass is 10.2. The van der Waals surface area contributed by atoms with E-state index in [9.17, 15) is 18.3 Å². The molecule has 0 atom stereocenters. The molecule has 0 aliphatic heterocycles. The van der Waals surface area contributed by atoms with Gasteiger partial charge in [0.2, 0.25) is 0 Å². The third-order valence-corrected chi connectivity index (χ3v) is 5.44. The van der Waals surface area contributed by atoms with E-state index in [4.69, 9.17) is 5.11 Å². The van der Waals surface area contributed by atoms with Crippen LogP contribution in [0.15, 0.2) is 47.4 Å². The van der Waals surface area contributed by atoms with Crippen LogP contribution in [0.2, 0.25) is 0 Å². The van der Waals surface area contributed by atoms with Crippen molar-refractivity contribution >= 4 is 42.7 Å². The Balaban J connectivity index is 1.98. The molecule has 1 aromatic heterocycles. The van der Waals surface area contributed by atoms with E-state index in [1.54, 1.807) is 12.1 Å². The number of phenols is 1. The van der Waals surface area contributed by atoms with Gasteiger partial charge in [-0.3, -0.25) is 4.72 Å². The van der Waals surface area contributed by atoms with Crippen LogP contribution in [0.1, 0.15) is 10.4 Å². The van der Waals surface area contributed by atoms with Gasteiger partial charge in [-0.2, -0.15) is 0 Å². The van der Waals surface area contributed by atoms with Gasteiger partial charge >= 0.3 is 5.97 Å². The first-order chi connectivity index (χ1) is 10.9. The number of rotatable bonds is 4. The zero-order valence-electron chi connectivity index (χ0n) is 11.4. The predicted octanol–water partition coefficient (Wildman–Crippen LogP) is 2.50. The number of nitrogens with zero attached hydrogens (tertiary/aromatic N) is 1. The quantitative estimate of drug-likeness (QED) is 0.665.